The fraction of sp³-hybridized carbons (Fsp3) is 0.727. The zero-order valence-corrected chi connectivity index (χ0v) is 10.8. The topological polar surface area (TPSA) is 95.7 Å². The number of carbonyl (C=O) groups is 3. The van der Waals surface area contributed by atoms with Gasteiger partial charge in [-0.15, -0.1) is 0 Å². The van der Waals surface area contributed by atoms with Crippen LogP contribution in [0.5, 0.6) is 0 Å². The molecule has 0 aromatic heterocycles. The molecule has 0 aromatic carbocycles. The van der Waals surface area contributed by atoms with Crippen molar-refractivity contribution in [1.29, 1.82) is 0 Å². The number of ketones is 1. The number of carbonyl (C=O) groups excluding carboxylic acids is 3. The Morgan fingerprint density at radius 2 is 1.59 bits per heavy atom. The molecule has 0 radical (unpaired) electrons. The lowest BCUT2D eigenvalue weighted by Gasteiger charge is -2.29. The van der Waals surface area contributed by atoms with E-state index in [4.69, 9.17) is 10.5 Å². The van der Waals surface area contributed by atoms with Gasteiger partial charge in [-0.1, -0.05) is 6.92 Å². The molecule has 0 bridgehead atoms. The fourth-order valence-corrected chi connectivity index (χ4v) is 1.06. The molecule has 0 fully saturated rings. The highest BCUT2D eigenvalue weighted by atomic mass is 16.6. The molecule has 2 N–H and O–H groups in total. The van der Waals surface area contributed by atoms with E-state index in [1.54, 1.807) is 20.8 Å². The summed E-state index contributed by atoms with van der Waals surface area (Å²) in [7, 11) is 0. The first-order valence-corrected chi connectivity index (χ1v) is 5.28. The Labute approximate surface area is 100 Å². The van der Waals surface area contributed by atoms with Gasteiger partial charge in [-0.2, -0.15) is 0 Å². The van der Waals surface area contributed by atoms with E-state index in [-0.39, 0.29) is 6.42 Å². The van der Waals surface area contributed by atoms with Crippen LogP contribution in [0, 0.1) is 0 Å². The lowest BCUT2D eigenvalue weighted by Crippen LogP contribution is -2.59. The third-order valence-corrected chi connectivity index (χ3v) is 1.74. The van der Waals surface area contributed by atoms with Crippen LogP contribution in [0.4, 0.5) is 0 Å². The molecule has 1 atom stereocenters. The van der Waals surface area contributed by atoms with Crippen LogP contribution in [-0.2, 0) is 23.9 Å². The molecule has 0 aliphatic heterocycles. The number of hydrogen-bond acceptors (Lipinski definition) is 6. The summed E-state index contributed by atoms with van der Waals surface area (Å²) in [6.45, 7) is 7.44. The van der Waals surface area contributed by atoms with E-state index in [0.29, 0.717) is 0 Å². The number of Topliss-reactive ketones (excluding diaryl/α,β-unsaturated/α-hetero) is 1. The average molecular weight is 245 g/mol. The number of ether oxygens (including phenoxy) is 2. The molecule has 0 heterocycles. The van der Waals surface area contributed by atoms with Gasteiger partial charge in [-0.25, -0.2) is 4.79 Å². The smallest absolute Gasteiger partial charge is 0.375 e. The first kappa shape index (κ1) is 15.6. The average Bonchev–Trinajstić information content (AvgIpc) is 2.12. The van der Waals surface area contributed by atoms with E-state index in [2.05, 4.69) is 4.74 Å². The first-order chi connectivity index (χ1) is 7.53. The van der Waals surface area contributed by atoms with Crippen LogP contribution >= 0.6 is 0 Å². The minimum absolute atomic E-state index is 0.0387. The summed E-state index contributed by atoms with van der Waals surface area (Å²) in [5.41, 5.74) is 2.36. The van der Waals surface area contributed by atoms with Crippen LogP contribution in [-0.4, -0.2) is 29.0 Å². The molecule has 0 amide bonds. The molecular formula is C11H19NO5. The van der Waals surface area contributed by atoms with E-state index in [1.165, 1.54) is 6.92 Å². The maximum atomic E-state index is 11.8. The van der Waals surface area contributed by atoms with Crippen molar-refractivity contribution in [2.45, 2.75) is 52.4 Å². The van der Waals surface area contributed by atoms with Gasteiger partial charge in [0.15, 0.2) is 0 Å². The summed E-state index contributed by atoms with van der Waals surface area (Å²) in [5, 5.41) is 0. The van der Waals surface area contributed by atoms with Crippen LogP contribution in [0.15, 0.2) is 0 Å². The van der Waals surface area contributed by atoms with Gasteiger partial charge in [0.2, 0.25) is 5.78 Å². The molecular weight excluding hydrogens is 226 g/mol. The van der Waals surface area contributed by atoms with E-state index in [1.807, 2.05) is 0 Å². The van der Waals surface area contributed by atoms with E-state index in [9.17, 15) is 14.4 Å². The fourth-order valence-electron chi connectivity index (χ4n) is 1.06. The molecule has 17 heavy (non-hydrogen) atoms. The van der Waals surface area contributed by atoms with Gasteiger partial charge in [0.05, 0.1) is 0 Å². The Morgan fingerprint density at radius 3 is 1.88 bits per heavy atom. The normalized spacial score (nSPS) is 14.7. The molecule has 6 heteroatoms. The highest BCUT2D eigenvalue weighted by Gasteiger charge is 2.47. The van der Waals surface area contributed by atoms with E-state index < -0.39 is 29.0 Å². The maximum Gasteiger partial charge on any atom is 0.375 e. The van der Waals surface area contributed by atoms with Crippen molar-refractivity contribution in [3.05, 3.63) is 0 Å². The second kappa shape index (κ2) is 5.27. The standard InChI is InChI=1S/C11H19NO5/c1-6-8(14)11(12,16-7(2)13)9(15)17-10(3,4)5/h6,12H2,1-5H3. The van der Waals surface area contributed by atoms with Crippen LogP contribution in [0.2, 0.25) is 0 Å². The Bertz CT molecular complexity index is 331. The Hall–Kier alpha value is -1.43. The monoisotopic (exact) mass is 245 g/mol. The Balaban J connectivity index is 5.12. The van der Waals surface area contributed by atoms with Crippen molar-refractivity contribution in [2.24, 2.45) is 5.73 Å². The van der Waals surface area contributed by atoms with Gasteiger partial charge in [0.1, 0.15) is 5.60 Å². The van der Waals surface area contributed by atoms with Gasteiger partial charge < -0.3 is 9.47 Å². The predicted molar refractivity (Wildman–Crippen MR) is 59.8 cm³/mol. The number of rotatable bonds is 4. The van der Waals surface area contributed by atoms with Gasteiger partial charge in [-0.05, 0) is 20.8 Å². The molecule has 1 unspecified atom stereocenters. The molecule has 0 aliphatic rings. The summed E-state index contributed by atoms with van der Waals surface area (Å²) in [6.07, 6.45) is -0.0387. The summed E-state index contributed by atoms with van der Waals surface area (Å²) in [4.78, 5) is 34.3. The third-order valence-electron chi connectivity index (χ3n) is 1.74. The number of nitrogens with two attached hydrogens (primary N) is 1. The largest absolute Gasteiger partial charge is 0.456 e. The minimum Gasteiger partial charge on any atom is -0.456 e. The lowest BCUT2D eigenvalue weighted by molar-refractivity contribution is -0.191. The number of esters is 2. The van der Waals surface area contributed by atoms with Crippen molar-refractivity contribution < 1.29 is 23.9 Å². The molecule has 0 saturated carbocycles. The van der Waals surface area contributed by atoms with Gasteiger partial charge in [-0.3, -0.25) is 15.3 Å². The van der Waals surface area contributed by atoms with E-state index in [0.717, 1.165) is 6.92 Å². The van der Waals surface area contributed by atoms with Crippen LogP contribution < -0.4 is 5.73 Å². The van der Waals surface area contributed by atoms with Crippen LogP contribution in [0.3, 0.4) is 0 Å². The van der Waals surface area contributed by atoms with Crippen LogP contribution in [0.25, 0.3) is 0 Å². The predicted octanol–water partition coefficient (Wildman–Crippen LogP) is 0.525. The molecule has 0 rings (SSSR count). The van der Waals surface area contributed by atoms with Crippen LogP contribution in [0.1, 0.15) is 41.0 Å². The molecule has 0 aromatic rings. The highest BCUT2D eigenvalue weighted by molar-refractivity contribution is 6.07. The summed E-state index contributed by atoms with van der Waals surface area (Å²) >= 11 is 0. The molecule has 6 nitrogen and oxygen atoms in total. The summed E-state index contributed by atoms with van der Waals surface area (Å²) < 4.78 is 9.58. The SMILES string of the molecule is CCC(=O)C(N)(OC(C)=O)C(=O)OC(C)(C)C. The lowest BCUT2D eigenvalue weighted by atomic mass is 10.1. The number of hydrogen-bond donors (Lipinski definition) is 1. The van der Waals surface area contributed by atoms with Crippen molar-refractivity contribution >= 4 is 17.7 Å². The Kier molecular flexibility index (Phi) is 4.82. The van der Waals surface area contributed by atoms with Gasteiger partial charge in [0.25, 0.3) is 0 Å². The third kappa shape index (κ3) is 4.52. The first-order valence-electron chi connectivity index (χ1n) is 5.28. The zero-order chi connectivity index (χ0) is 13.9. The van der Waals surface area contributed by atoms with Crippen molar-refractivity contribution in [3.8, 4) is 0 Å². The molecule has 0 saturated heterocycles. The van der Waals surface area contributed by atoms with Gasteiger partial charge in [0, 0.05) is 13.3 Å². The minimum atomic E-state index is -2.35. The van der Waals surface area contributed by atoms with Crippen molar-refractivity contribution in [3.63, 3.8) is 0 Å². The quantitative estimate of drug-likeness (QED) is 0.441. The summed E-state index contributed by atoms with van der Waals surface area (Å²) in [5.74, 6) is -2.59. The second-order valence-electron chi connectivity index (χ2n) is 4.61. The molecule has 98 valence electrons. The van der Waals surface area contributed by atoms with E-state index >= 15 is 0 Å². The Morgan fingerprint density at radius 1 is 1.12 bits per heavy atom. The van der Waals surface area contributed by atoms with Crippen molar-refractivity contribution in [1.82, 2.24) is 0 Å². The second-order valence-corrected chi connectivity index (χ2v) is 4.61. The summed E-state index contributed by atoms with van der Waals surface area (Å²) in [6, 6.07) is 0. The molecule has 0 spiro atoms. The zero-order valence-electron chi connectivity index (χ0n) is 10.8. The van der Waals surface area contributed by atoms with Gasteiger partial charge >= 0.3 is 17.7 Å². The highest BCUT2D eigenvalue weighted by Crippen LogP contribution is 2.16. The molecule has 0 aliphatic carbocycles. The van der Waals surface area contributed by atoms with Crippen molar-refractivity contribution in [2.75, 3.05) is 0 Å². The maximum absolute atomic E-state index is 11.8.